The summed E-state index contributed by atoms with van der Waals surface area (Å²) in [4.78, 5) is 10.6. The van der Waals surface area contributed by atoms with E-state index in [0.29, 0.717) is 29.7 Å². The molecule has 1 saturated carbocycles. The van der Waals surface area contributed by atoms with Gasteiger partial charge >= 0.3 is 5.97 Å². The minimum atomic E-state index is -0.931. The Morgan fingerprint density at radius 3 is 2.52 bits per heavy atom. The molecule has 0 amide bonds. The zero-order valence-corrected chi connectivity index (χ0v) is 19.4. The Bertz CT molecular complexity index is 1110. The number of carboxylic acids is 1. The van der Waals surface area contributed by atoms with E-state index in [1.807, 2.05) is 41.9 Å². The molecule has 0 aliphatic heterocycles. The minimum absolute atomic E-state index is 0.0853. The van der Waals surface area contributed by atoms with Crippen molar-refractivity contribution in [2.75, 3.05) is 13.2 Å². The molecule has 0 saturated heterocycles. The zero-order valence-electron chi connectivity index (χ0n) is 18.6. The van der Waals surface area contributed by atoms with Gasteiger partial charge in [0.15, 0.2) is 5.82 Å². The molecule has 1 N–H and O–H groups in total. The van der Waals surface area contributed by atoms with Gasteiger partial charge in [-0.3, -0.25) is 4.68 Å². The molecule has 2 aromatic carbocycles. The molecule has 1 aliphatic carbocycles. The van der Waals surface area contributed by atoms with Crippen molar-refractivity contribution in [1.82, 2.24) is 9.78 Å². The fourth-order valence-electron chi connectivity index (χ4n) is 4.69. The third-order valence-electron chi connectivity index (χ3n) is 6.45. The fraction of sp³-hybridized carbons (Fsp3) is 0.385. The third-order valence-corrected chi connectivity index (χ3v) is 6.74. The fourth-order valence-corrected chi connectivity index (χ4v) is 4.86. The van der Waals surface area contributed by atoms with Crippen LogP contribution in [0.1, 0.15) is 31.4 Å². The summed E-state index contributed by atoms with van der Waals surface area (Å²) in [5, 5.41) is 13.7. The molecule has 7 heteroatoms. The number of hydrogen-bond donors (Lipinski definition) is 1. The van der Waals surface area contributed by atoms with Gasteiger partial charge in [-0.05, 0) is 62.1 Å². The predicted molar refractivity (Wildman–Crippen MR) is 127 cm³/mol. The summed E-state index contributed by atoms with van der Waals surface area (Å²) < 4.78 is 22.2. The van der Waals surface area contributed by atoms with E-state index in [1.54, 1.807) is 18.2 Å². The molecule has 4 rings (SSSR count). The molecule has 1 fully saturated rings. The monoisotopic (exact) mass is 470 g/mol. The Hall–Kier alpha value is -2.70. The van der Waals surface area contributed by atoms with Crippen LogP contribution in [0.4, 0.5) is 4.39 Å². The van der Waals surface area contributed by atoms with Gasteiger partial charge in [-0.1, -0.05) is 48.0 Å². The maximum atomic E-state index is 14.9. The highest BCUT2D eigenvalue weighted by Crippen LogP contribution is 2.38. The van der Waals surface area contributed by atoms with E-state index in [1.165, 1.54) is 0 Å². The molecule has 3 aromatic rings. The normalized spacial score (nSPS) is 18.4. The van der Waals surface area contributed by atoms with E-state index in [2.05, 4.69) is 0 Å². The summed E-state index contributed by atoms with van der Waals surface area (Å²) in [6.07, 6.45) is 4.07. The van der Waals surface area contributed by atoms with E-state index in [-0.39, 0.29) is 11.6 Å². The third kappa shape index (κ3) is 5.45. The van der Waals surface area contributed by atoms with Crippen LogP contribution < -0.4 is 0 Å². The lowest BCUT2D eigenvalue weighted by Gasteiger charge is -2.28. The Labute approximate surface area is 198 Å². The minimum Gasteiger partial charge on any atom is -0.480 e. The van der Waals surface area contributed by atoms with Crippen molar-refractivity contribution in [2.45, 2.75) is 39.2 Å². The van der Waals surface area contributed by atoms with Gasteiger partial charge in [0, 0.05) is 23.4 Å². The van der Waals surface area contributed by atoms with Gasteiger partial charge in [-0.15, -0.1) is 0 Å². The standard InChI is InChI=1S/C26H28ClFN2O3/c1-17-24(20-6-3-2-4-7-20)26(21-8-5-9-22(27)25(21)28)29-30(17)14-18-10-12-19(13-11-18)15-33-16-23(31)32/h2-9,18-19H,10-16H2,1H3,(H,31,32). The first kappa shape index (κ1) is 23.5. The number of benzene rings is 2. The van der Waals surface area contributed by atoms with Crippen molar-refractivity contribution in [3.8, 4) is 22.4 Å². The molecule has 0 radical (unpaired) electrons. The molecular formula is C26H28ClFN2O3. The van der Waals surface area contributed by atoms with E-state index in [0.717, 1.165) is 49.0 Å². The van der Waals surface area contributed by atoms with Crippen LogP contribution in [0.3, 0.4) is 0 Å². The number of ether oxygens (including phenoxy) is 1. The van der Waals surface area contributed by atoms with E-state index in [9.17, 15) is 9.18 Å². The second-order valence-corrected chi connectivity index (χ2v) is 9.16. The molecule has 33 heavy (non-hydrogen) atoms. The maximum Gasteiger partial charge on any atom is 0.329 e. The van der Waals surface area contributed by atoms with E-state index < -0.39 is 11.8 Å². The Morgan fingerprint density at radius 1 is 1.12 bits per heavy atom. The first-order valence-corrected chi connectivity index (χ1v) is 11.7. The number of nitrogens with zero attached hydrogens (tertiary/aromatic N) is 2. The van der Waals surface area contributed by atoms with Crippen LogP contribution >= 0.6 is 11.6 Å². The van der Waals surface area contributed by atoms with Crippen LogP contribution in [-0.4, -0.2) is 34.1 Å². The second-order valence-electron chi connectivity index (χ2n) is 8.75. The van der Waals surface area contributed by atoms with Crippen molar-refractivity contribution >= 4 is 17.6 Å². The Kier molecular flexibility index (Phi) is 7.46. The maximum absolute atomic E-state index is 14.9. The highest BCUT2D eigenvalue weighted by molar-refractivity contribution is 6.31. The van der Waals surface area contributed by atoms with Crippen LogP contribution in [0.5, 0.6) is 0 Å². The molecule has 0 atom stereocenters. The number of hydrogen-bond acceptors (Lipinski definition) is 3. The first-order valence-electron chi connectivity index (χ1n) is 11.3. The van der Waals surface area contributed by atoms with Gasteiger partial charge in [0.05, 0.1) is 11.6 Å². The summed E-state index contributed by atoms with van der Waals surface area (Å²) >= 11 is 6.08. The molecule has 1 aliphatic rings. The SMILES string of the molecule is Cc1c(-c2ccccc2)c(-c2cccc(Cl)c2F)nn1CC1CCC(COCC(=O)O)CC1. The molecule has 1 heterocycles. The molecule has 0 bridgehead atoms. The van der Waals surface area contributed by atoms with Crippen molar-refractivity contribution < 1.29 is 19.0 Å². The highest BCUT2D eigenvalue weighted by Gasteiger charge is 2.25. The van der Waals surface area contributed by atoms with Crippen molar-refractivity contribution in [2.24, 2.45) is 11.8 Å². The molecule has 1 aromatic heterocycles. The lowest BCUT2D eigenvalue weighted by Crippen LogP contribution is -2.23. The van der Waals surface area contributed by atoms with Gasteiger partial charge < -0.3 is 9.84 Å². The molecule has 0 spiro atoms. The summed E-state index contributed by atoms with van der Waals surface area (Å²) in [7, 11) is 0. The van der Waals surface area contributed by atoms with Crippen molar-refractivity contribution in [1.29, 1.82) is 0 Å². The van der Waals surface area contributed by atoms with Crippen molar-refractivity contribution in [3.05, 3.63) is 65.1 Å². The van der Waals surface area contributed by atoms with Crippen LogP contribution in [0.15, 0.2) is 48.5 Å². The van der Waals surface area contributed by atoms with E-state index >= 15 is 0 Å². The topological polar surface area (TPSA) is 64.4 Å². The van der Waals surface area contributed by atoms with Gasteiger partial charge in [-0.25, -0.2) is 9.18 Å². The number of carbonyl (C=O) groups is 1. The summed E-state index contributed by atoms with van der Waals surface area (Å²) in [5.74, 6) is -0.530. The van der Waals surface area contributed by atoms with Gasteiger partial charge in [0.25, 0.3) is 0 Å². The zero-order chi connectivity index (χ0) is 23.4. The summed E-state index contributed by atoms with van der Waals surface area (Å²) in [5.41, 5.74) is 3.93. The smallest absolute Gasteiger partial charge is 0.329 e. The molecular weight excluding hydrogens is 443 g/mol. The Morgan fingerprint density at radius 2 is 1.82 bits per heavy atom. The van der Waals surface area contributed by atoms with Crippen LogP contribution in [0.2, 0.25) is 5.02 Å². The van der Waals surface area contributed by atoms with Gasteiger partial charge in [0.2, 0.25) is 0 Å². The average Bonchev–Trinajstić information content (AvgIpc) is 3.13. The summed E-state index contributed by atoms with van der Waals surface area (Å²) in [6, 6.07) is 15.0. The lowest BCUT2D eigenvalue weighted by molar-refractivity contribution is -0.142. The van der Waals surface area contributed by atoms with Crippen LogP contribution in [0, 0.1) is 24.6 Å². The van der Waals surface area contributed by atoms with E-state index in [4.69, 9.17) is 26.5 Å². The molecule has 174 valence electrons. The van der Waals surface area contributed by atoms with Crippen LogP contribution in [-0.2, 0) is 16.1 Å². The molecule has 0 unspecified atom stereocenters. The highest BCUT2D eigenvalue weighted by atomic mass is 35.5. The van der Waals surface area contributed by atoms with Gasteiger partial charge in [-0.2, -0.15) is 5.10 Å². The largest absolute Gasteiger partial charge is 0.480 e. The molecule has 5 nitrogen and oxygen atoms in total. The quantitative estimate of drug-likeness (QED) is 0.424. The second kappa shape index (κ2) is 10.5. The number of aliphatic carboxylic acids is 1. The summed E-state index contributed by atoms with van der Waals surface area (Å²) in [6.45, 7) is 3.05. The average molecular weight is 471 g/mol. The van der Waals surface area contributed by atoms with Crippen molar-refractivity contribution in [3.63, 3.8) is 0 Å². The lowest BCUT2D eigenvalue weighted by atomic mass is 9.82. The number of carboxylic acid groups (broad SMARTS) is 1. The predicted octanol–water partition coefficient (Wildman–Crippen LogP) is 6.23. The Balaban J connectivity index is 1.56. The number of halogens is 2. The number of rotatable bonds is 8. The van der Waals surface area contributed by atoms with Crippen LogP contribution in [0.25, 0.3) is 22.4 Å². The first-order chi connectivity index (χ1) is 15.9. The number of aromatic nitrogens is 2. The van der Waals surface area contributed by atoms with Gasteiger partial charge in [0.1, 0.15) is 12.3 Å².